The van der Waals surface area contributed by atoms with Gasteiger partial charge in [-0.05, 0) is 51.1 Å². The van der Waals surface area contributed by atoms with E-state index in [9.17, 15) is 4.79 Å². The summed E-state index contributed by atoms with van der Waals surface area (Å²) in [5, 5.41) is 9.99. The second-order valence-corrected chi connectivity index (χ2v) is 9.06. The van der Waals surface area contributed by atoms with Gasteiger partial charge < -0.3 is 21.1 Å². The number of rotatable bonds is 8. The van der Waals surface area contributed by atoms with E-state index < -0.39 is 5.91 Å². The summed E-state index contributed by atoms with van der Waals surface area (Å²) < 4.78 is 5.86. The Morgan fingerprint density at radius 3 is 2.59 bits per heavy atom. The molecule has 8 nitrogen and oxygen atoms in total. The van der Waals surface area contributed by atoms with Crippen LogP contribution >= 0.6 is 22.7 Å². The molecular formula is C22H22N6O2S2. The van der Waals surface area contributed by atoms with Crippen LogP contribution in [-0.4, -0.2) is 27.0 Å². The number of hydrogen-bond donors (Lipinski definition) is 3. The van der Waals surface area contributed by atoms with Crippen LogP contribution in [-0.2, 0) is 0 Å². The number of carbonyl (C=O) groups excluding carboxylic acids is 1. The fourth-order valence-electron chi connectivity index (χ4n) is 2.93. The van der Waals surface area contributed by atoms with Crippen molar-refractivity contribution >= 4 is 50.2 Å². The van der Waals surface area contributed by atoms with Crippen LogP contribution in [0.2, 0.25) is 0 Å². The average molecular weight is 467 g/mol. The minimum atomic E-state index is -0.501. The summed E-state index contributed by atoms with van der Waals surface area (Å²) in [7, 11) is 0. The monoisotopic (exact) mass is 466 g/mol. The number of nitrogens with two attached hydrogens (primary N) is 1. The Morgan fingerprint density at radius 1 is 1.09 bits per heavy atom. The van der Waals surface area contributed by atoms with Crippen LogP contribution in [0.15, 0.2) is 48.1 Å². The Labute approximate surface area is 193 Å². The van der Waals surface area contributed by atoms with Gasteiger partial charge in [-0.25, -0.2) is 9.97 Å². The molecule has 0 atom stereocenters. The summed E-state index contributed by atoms with van der Waals surface area (Å²) in [4.78, 5) is 26.0. The lowest BCUT2D eigenvalue weighted by atomic mass is 10.1. The number of aryl methyl sites for hydroxylation is 1. The average Bonchev–Trinajstić information content (AvgIpc) is 3.35. The maximum absolute atomic E-state index is 11.6. The highest BCUT2D eigenvalue weighted by atomic mass is 32.1. The van der Waals surface area contributed by atoms with Crippen molar-refractivity contribution in [2.24, 2.45) is 5.73 Å². The van der Waals surface area contributed by atoms with Crippen molar-refractivity contribution < 1.29 is 9.53 Å². The molecule has 0 spiro atoms. The molecule has 1 amide bonds. The van der Waals surface area contributed by atoms with Gasteiger partial charge in [-0.1, -0.05) is 11.3 Å². The molecule has 0 aliphatic carbocycles. The normalized spacial score (nSPS) is 10.9. The lowest BCUT2D eigenvalue weighted by Crippen LogP contribution is -2.12. The van der Waals surface area contributed by atoms with Crippen molar-refractivity contribution in [3.8, 4) is 16.3 Å². The predicted molar refractivity (Wildman–Crippen MR) is 129 cm³/mol. The van der Waals surface area contributed by atoms with Crippen LogP contribution in [0.4, 0.5) is 21.6 Å². The van der Waals surface area contributed by atoms with Crippen LogP contribution in [0.5, 0.6) is 5.75 Å². The van der Waals surface area contributed by atoms with Crippen LogP contribution in [0.3, 0.4) is 0 Å². The largest absolute Gasteiger partial charge is 0.489 e. The van der Waals surface area contributed by atoms with Crippen molar-refractivity contribution in [2.45, 2.75) is 26.9 Å². The van der Waals surface area contributed by atoms with Gasteiger partial charge in [0.1, 0.15) is 5.75 Å². The number of anilines is 4. The first-order valence-electron chi connectivity index (χ1n) is 9.87. The molecule has 3 heterocycles. The smallest absolute Gasteiger partial charge is 0.248 e. The first-order valence-corrected chi connectivity index (χ1v) is 11.6. The summed E-state index contributed by atoms with van der Waals surface area (Å²) >= 11 is 2.99. The topological polar surface area (TPSA) is 115 Å². The number of hydrogen-bond acceptors (Lipinski definition) is 9. The molecule has 0 aliphatic rings. The van der Waals surface area contributed by atoms with Gasteiger partial charge in [0.2, 0.25) is 5.91 Å². The summed E-state index contributed by atoms with van der Waals surface area (Å²) in [6.45, 7) is 5.84. The quantitative estimate of drug-likeness (QED) is 0.321. The highest BCUT2D eigenvalue weighted by Crippen LogP contribution is 2.37. The van der Waals surface area contributed by atoms with Crippen LogP contribution in [0, 0.1) is 6.92 Å². The molecule has 0 aliphatic heterocycles. The van der Waals surface area contributed by atoms with E-state index in [1.54, 1.807) is 30.6 Å². The SMILES string of the molecule is Cc1nc(Nc2ccncc2)sc1-c1csc(Nc2cc(C(N)=O)ccc2OC(C)C)n1. The first kappa shape index (κ1) is 21.7. The Bertz CT molecular complexity index is 1240. The maximum atomic E-state index is 11.6. The van der Waals surface area contributed by atoms with Crippen LogP contribution < -0.4 is 21.1 Å². The number of carbonyl (C=O) groups is 1. The summed E-state index contributed by atoms with van der Waals surface area (Å²) in [5.74, 6) is 0.123. The van der Waals surface area contributed by atoms with E-state index >= 15 is 0 Å². The molecular weight excluding hydrogens is 444 g/mol. The molecule has 4 N–H and O–H groups in total. The molecule has 0 bridgehead atoms. The molecule has 0 saturated carbocycles. The summed E-state index contributed by atoms with van der Waals surface area (Å²) in [6.07, 6.45) is 3.44. The minimum absolute atomic E-state index is 0.0204. The second kappa shape index (κ2) is 9.33. The minimum Gasteiger partial charge on any atom is -0.489 e. The number of aromatic nitrogens is 3. The van der Waals surface area contributed by atoms with Gasteiger partial charge in [0, 0.05) is 29.0 Å². The van der Waals surface area contributed by atoms with Gasteiger partial charge >= 0.3 is 0 Å². The molecule has 4 aromatic rings. The molecule has 10 heteroatoms. The molecule has 32 heavy (non-hydrogen) atoms. The zero-order chi connectivity index (χ0) is 22.7. The number of primary amides is 1. The second-order valence-electron chi connectivity index (χ2n) is 7.20. The Balaban J connectivity index is 1.57. The standard InChI is InChI=1S/C22H22N6O2S2/c1-12(2)30-18-5-4-14(20(23)29)10-16(18)27-21-28-17(11-31-21)19-13(3)25-22(32-19)26-15-6-8-24-9-7-15/h4-12H,1-3H3,(H2,23,29)(H,27,28)(H,24,25,26). The van der Waals surface area contributed by atoms with Crippen molar-refractivity contribution in [2.75, 3.05) is 10.6 Å². The fraction of sp³-hybridized carbons (Fsp3) is 0.182. The number of thiazole rings is 2. The highest BCUT2D eigenvalue weighted by molar-refractivity contribution is 7.19. The third-order valence-electron chi connectivity index (χ3n) is 4.33. The molecule has 0 saturated heterocycles. The predicted octanol–water partition coefficient (Wildman–Crippen LogP) is 5.34. The van der Waals surface area contributed by atoms with Crippen LogP contribution in [0.25, 0.3) is 10.6 Å². The van der Waals surface area contributed by atoms with Gasteiger partial charge in [-0.2, -0.15) is 0 Å². The van der Waals surface area contributed by atoms with Crippen molar-refractivity contribution in [3.05, 3.63) is 59.4 Å². The van der Waals surface area contributed by atoms with E-state index in [2.05, 4.69) is 20.6 Å². The molecule has 4 rings (SSSR count). The zero-order valence-electron chi connectivity index (χ0n) is 17.7. The maximum Gasteiger partial charge on any atom is 0.248 e. The van der Waals surface area contributed by atoms with Gasteiger partial charge in [-0.15, -0.1) is 11.3 Å². The van der Waals surface area contributed by atoms with E-state index in [0.717, 1.165) is 27.1 Å². The van der Waals surface area contributed by atoms with Gasteiger partial charge in [0.05, 0.1) is 28.1 Å². The third kappa shape index (κ3) is 5.04. The lowest BCUT2D eigenvalue weighted by Gasteiger charge is -2.15. The summed E-state index contributed by atoms with van der Waals surface area (Å²) in [6, 6.07) is 8.84. The fourth-order valence-corrected chi connectivity index (χ4v) is 4.67. The first-order chi connectivity index (χ1) is 15.4. The van der Waals surface area contributed by atoms with Gasteiger partial charge in [-0.3, -0.25) is 9.78 Å². The van der Waals surface area contributed by atoms with E-state index in [1.165, 1.54) is 22.7 Å². The van der Waals surface area contributed by atoms with E-state index in [4.69, 9.17) is 15.5 Å². The highest BCUT2D eigenvalue weighted by Gasteiger charge is 2.16. The lowest BCUT2D eigenvalue weighted by molar-refractivity contribution is 0.100. The van der Waals surface area contributed by atoms with Crippen molar-refractivity contribution in [1.82, 2.24) is 15.0 Å². The van der Waals surface area contributed by atoms with E-state index in [-0.39, 0.29) is 6.10 Å². The number of ether oxygens (including phenoxy) is 1. The van der Waals surface area contributed by atoms with E-state index in [0.29, 0.717) is 22.1 Å². The van der Waals surface area contributed by atoms with Crippen LogP contribution in [0.1, 0.15) is 29.9 Å². The molecule has 0 fully saturated rings. The number of pyridine rings is 1. The molecule has 3 aromatic heterocycles. The van der Waals surface area contributed by atoms with Gasteiger partial charge in [0.25, 0.3) is 0 Å². The number of amides is 1. The Morgan fingerprint density at radius 2 is 1.88 bits per heavy atom. The zero-order valence-corrected chi connectivity index (χ0v) is 19.4. The molecule has 164 valence electrons. The molecule has 0 unspecified atom stereocenters. The Kier molecular flexibility index (Phi) is 6.33. The molecule has 0 radical (unpaired) electrons. The van der Waals surface area contributed by atoms with Crippen molar-refractivity contribution in [3.63, 3.8) is 0 Å². The number of benzene rings is 1. The third-order valence-corrected chi connectivity index (χ3v) is 6.19. The number of nitrogens with zero attached hydrogens (tertiary/aromatic N) is 3. The van der Waals surface area contributed by atoms with Crippen molar-refractivity contribution in [1.29, 1.82) is 0 Å². The van der Waals surface area contributed by atoms with E-state index in [1.807, 2.05) is 38.3 Å². The Hall–Kier alpha value is -3.50. The number of nitrogens with one attached hydrogen (secondary N) is 2. The summed E-state index contributed by atoms with van der Waals surface area (Å²) in [5.41, 5.74) is 9.12. The molecule has 1 aromatic carbocycles. The van der Waals surface area contributed by atoms with Gasteiger partial charge in [0.15, 0.2) is 10.3 Å².